The molecule has 5 aromatic rings. The highest BCUT2D eigenvalue weighted by Gasteiger charge is 2.26. The van der Waals surface area contributed by atoms with Gasteiger partial charge in [0.25, 0.3) is 5.89 Å². The number of aryl methyl sites for hydroxylation is 1. The van der Waals surface area contributed by atoms with Crippen molar-refractivity contribution >= 4 is 22.5 Å². The van der Waals surface area contributed by atoms with Crippen LogP contribution in [-0.2, 0) is 0 Å². The predicted molar refractivity (Wildman–Crippen MR) is 126 cm³/mol. The van der Waals surface area contributed by atoms with Gasteiger partial charge in [-0.25, -0.2) is 19.3 Å². The fourth-order valence-electron chi connectivity index (χ4n) is 3.85. The van der Waals surface area contributed by atoms with Gasteiger partial charge in [0.1, 0.15) is 35.4 Å². The number of rotatable bonds is 5. The molecule has 0 aliphatic carbocycles. The van der Waals surface area contributed by atoms with E-state index in [0.29, 0.717) is 39.2 Å². The minimum absolute atomic E-state index is 0.0612. The molecule has 0 radical (unpaired) electrons. The van der Waals surface area contributed by atoms with E-state index < -0.39 is 11.9 Å². The van der Waals surface area contributed by atoms with Crippen molar-refractivity contribution in [3.63, 3.8) is 0 Å². The Morgan fingerprint density at radius 3 is 2.69 bits per heavy atom. The first-order chi connectivity index (χ1) is 17.0. The summed E-state index contributed by atoms with van der Waals surface area (Å²) < 4.78 is 19.9. The molecule has 1 aromatic carbocycles. The summed E-state index contributed by atoms with van der Waals surface area (Å²) in [7, 11) is 0. The summed E-state index contributed by atoms with van der Waals surface area (Å²) in [6, 6.07) is 11.3. The van der Waals surface area contributed by atoms with Crippen molar-refractivity contribution in [1.29, 1.82) is 5.26 Å². The fraction of sp³-hybridized carbons (Fsp3) is 0.125. The van der Waals surface area contributed by atoms with Gasteiger partial charge in [-0.1, -0.05) is 11.2 Å². The maximum atomic E-state index is 14.4. The SMILES string of the molecule is Cc1noc(-c2c(-c3ccccn3)c(C(C)Nc3ncnc(N)c3C#N)nc3ccc(F)cc23)n1. The largest absolute Gasteiger partial charge is 0.382 e. The fourth-order valence-corrected chi connectivity index (χ4v) is 3.85. The van der Waals surface area contributed by atoms with Gasteiger partial charge in [0.05, 0.1) is 28.5 Å². The van der Waals surface area contributed by atoms with Crippen molar-refractivity contribution in [2.75, 3.05) is 11.1 Å². The lowest BCUT2D eigenvalue weighted by atomic mass is 9.94. The summed E-state index contributed by atoms with van der Waals surface area (Å²) in [6.45, 7) is 3.55. The standard InChI is InChI=1S/C24H18FN9O/c1-12(31-23-16(10-26)22(27)29-11-30-23)21-20(18-5-3-4-8-28-18)19(24-32-13(2)34-35-24)15-9-14(25)6-7-17(15)33-21/h3-9,11-12H,1-2H3,(H3,27,29,30,31). The van der Waals surface area contributed by atoms with E-state index in [0.717, 1.165) is 0 Å². The number of benzene rings is 1. The molecule has 0 spiro atoms. The third-order valence-electron chi connectivity index (χ3n) is 5.39. The molecule has 5 rings (SSSR count). The summed E-state index contributed by atoms with van der Waals surface area (Å²) in [4.78, 5) is 21.8. The van der Waals surface area contributed by atoms with Crippen LogP contribution < -0.4 is 11.1 Å². The molecule has 1 unspecified atom stereocenters. The number of anilines is 2. The Hall–Kier alpha value is -4.98. The number of nitrogen functional groups attached to an aromatic ring is 1. The number of hydrogen-bond acceptors (Lipinski definition) is 10. The lowest BCUT2D eigenvalue weighted by Crippen LogP contribution is -2.14. The summed E-state index contributed by atoms with van der Waals surface area (Å²) in [6.07, 6.45) is 2.92. The minimum Gasteiger partial charge on any atom is -0.382 e. The van der Waals surface area contributed by atoms with Crippen LogP contribution in [0.15, 0.2) is 53.4 Å². The molecule has 11 heteroatoms. The lowest BCUT2D eigenvalue weighted by molar-refractivity contribution is 0.426. The Labute approximate surface area is 198 Å². The summed E-state index contributed by atoms with van der Waals surface area (Å²) in [5.41, 5.74) is 8.69. The van der Waals surface area contributed by atoms with Crippen molar-refractivity contribution in [2.45, 2.75) is 19.9 Å². The van der Waals surface area contributed by atoms with Gasteiger partial charge < -0.3 is 15.6 Å². The molecule has 35 heavy (non-hydrogen) atoms. The molecule has 4 heterocycles. The van der Waals surface area contributed by atoms with E-state index in [1.807, 2.05) is 25.1 Å². The van der Waals surface area contributed by atoms with Crippen LogP contribution in [0.1, 0.15) is 30.0 Å². The predicted octanol–water partition coefficient (Wildman–Crippen LogP) is 4.21. The molecule has 0 saturated heterocycles. The van der Waals surface area contributed by atoms with Gasteiger partial charge in [-0.3, -0.25) is 4.98 Å². The number of nitriles is 1. The van der Waals surface area contributed by atoms with E-state index in [1.54, 1.807) is 25.3 Å². The summed E-state index contributed by atoms with van der Waals surface area (Å²) in [5.74, 6) is 0.523. The second-order valence-electron chi connectivity index (χ2n) is 7.73. The summed E-state index contributed by atoms with van der Waals surface area (Å²) in [5, 5.41) is 17.2. The molecule has 172 valence electrons. The van der Waals surface area contributed by atoms with E-state index in [1.165, 1.54) is 18.5 Å². The van der Waals surface area contributed by atoms with Crippen LogP contribution in [0.25, 0.3) is 33.6 Å². The number of nitrogens with two attached hydrogens (primary N) is 1. The molecule has 0 aliphatic rings. The Kier molecular flexibility index (Phi) is 5.46. The van der Waals surface area contributed by atoms with Crippen LogP contribution >= 0.6 is 0 Å². The quantitative estimate of drug-likeness (QED) is 0.384. The molecule has 0 fully saturated rings. The first-order valence-corrected chi connectivity index (χ1v) is 10.6. The van der Waals surface area contributed by atoms with E-state index in [9.17, 15) is 9.65 Å². The van der Waals surface area contributed by atoms with Crippen LogP contribution in [0.4, 0.5) is 16.0 Å². The van der Waals surface area contributed by atoms with Crippen molar-refractivity contribution in [1.82, 2.24) is 30.1 Å². The molecular weight excluding hydrogens is 449 g/mol. The summed E-state index contributed by atoms with van der Waals surface area (Å²) >= 11 is 0. The number of halogens is 1. The minimum atomic E-state index is -0.495. The van der Waals surface area contributed by atoms with E-state index in [2.05, 4.69) is 30.4 Å². The van der Waals surface area contributed by atoms with Gasteiger partial charge in [0.15, 0.2) is 5.82 Å². The van der Waals surface area contributed by atoms with Crippen molar-refractivity contribution < 1.29 is 8.91 Å². The smallest absolute Gasteiger partial charge is 0.259 e. The maximum Gasteiger partial charge on any atom is 0.259 e. The highest BCUT2D eigenvalue weighted by molar-refractivity contribution is 6.01. The zero-order chi connectivity index (χ0) is 24.5. The maximum absolute atomic E-state index is 14.4. The lowest BCUT2D eigenvalue weighted by Gasteiger charge is -2.21. The van der Waals surface area contributed by atoms with Gasteiger partial charge in [0.2, 0.25) is 0 Å². The molecule has 0 amide bonds. The normalized spacial score (nSPS) is 11.8. The Balaban J connectivity index is 1.80. The van der Waals surface area contributed by atoms with Crippen LogP contribution in [-0.4, -0.2) is 30.1 Å². The molecule has 4 aromatic heterocycles. The molecule has 0 saturated carbocycles. The molecule has 0 bridgehead atoms. The van der Waals surface area contributed by atoms with Crippen LogP contribution in [0.5, 0.6) is 0 Å². The van der Waals surface area contributed by atoms with E-state index >= 15 is 0 Å². The average Bonchev–Trinajstić information content (AvgIpc) is 3.29. The second-order valence-corrected chi connectivity index (χ2v) is 7.73. The third kappa shape index (κ3) is 3.97. The Morgan fingerprint density at radius 1 is 1.11 bits per heavy atom. The molecule has 0 aliphatic heterocycles. The van der Waals surface area contributed by atoms with E-state index in [4.69, 9.17) is 15.2 Å². The topological polar surface area (TPSA) is 152 Å². The third-order valence-corrected chi connectivity index (χ3v) is 5.39. The van der Waals surface area contributed by atoms with Crippen LogP contribution in [0.3, 0.4) is 0 Å². The number of pyridine rings is 2. The van der Waals surface area contributed by atoms with Gasteiger partial charge >= 0.3 is 0 Å². The molecule has 1 atom stereocenters. The van der Waals surface area contributed by atoms with Gasteiger partial charge in [-0.2, -0.15) is 10.2 Å². The number of hydrogen-bond donors (Lipinski definition) is 2. The number of nitrogens with one attached hydrogen (secondary N) is 1. The van der Waals surface area contributed by atoms with E-state index in [-0.39, 0.29) is 23.1 Å². The molecule has 10 nitrogen and oxygen atoms in total. The van der Waals surface area contributed by atoms with Gasteiger partial charge in [0, 0.05) is 17.1 Å². The highest BCUT2D eigenvalue weighted by atomic mass is 19.1. The first-order valence-electron chi connectivity index (χ1n) is 10.6. The average molecular weight is 467 g/mol. The zero-order valence-corrected chi connectivity index (χ0v) is 18.7. The van der Waals surface area contributed by atoms with Crippen molar-refractivity contribution in [2.24, 2.45) is 0 Å². The number of aromatic nitrogens is 6. The zero-order valence-electron chi connectivity index (χ0n) is 18.7. The highest BCUT2D eigenvalue weighted by Crippen LogP contribution is 2.41. The van der Waals surface area contributed by atoms with Crippen LogP contribution in [0.2, 0.25) is 0 Å². The van der Waals surface area contributed by atoms with Crippen molar-refractivity contribution in [3.8, 4) is 28.8 Å². The monoisotopic (exact) mass is 467 g/mol. The van der Waals surface area contributed by atoms with Crippen LogP contribution in [0, 0.1) is 24.1 Å². The molecule has 3 N–H and O–H groups in total. The second kappa shape index (κ2) is 8.75. The molecular formula is C24H18FN9O. The van der Waals surface area contributed by atoms with Gasteiger partial charge in [-0.05, 0) is 44.2 Å². The Morgan fingerprint density at radius 2 is 1.97 bits per heavy atom. The van der Waals surface area contributed by atoms with Gasteiger partial charge in [-0.15, -0.1) is 0 Å². The number of nitrogens with zero attached hydrogens (tertiary/aromatic N) is 7. The number of fused-ring (bicyclic) bond motifs is 1. The van der Waals surface area contributed by atoms with Crippen molar-refractivity contribution in [3.05, 3.63) is 71.8 Å². The Bertz CT molecular complexity index is 1590. The first kappa shape index (κ1) is 21.8.